The molecule has 1 heterocycles. The standard InChI is InChI=1S/C17H21FN2O2S/c1-10-12-8-11(18)6-7-13(12)23-15(10)16(22)20(5)9-14(21)19-17(2,3)4/h6-8H,9H2,1-5H3,(H,19,21). The summed E-state index contributed by atoms with van der Waals surface area (Å²) in [4.78, 5) is 26.5. The number of amides is 2. The third kappa shape index (κ3) is 4.07. The number of rotatable bonds is 3. The summed E-state index contributed by atoms with van der Waals surface area (Å²) in [7, 11) is 1.59. The van der Waals surface area contributed by atoms with Crippen molar-refractivity contribution >= 4 is 33.2 Å². The molecule has 2 rings (SSSR count). The molecule has 4 nitrogen and oxygen atoms in total. The Balaban J connectivity index is 2.20. The van der Waals surface area contributed by atoms with Crippen molar-refractivity contribution in [2.75, 3.05) is 13.6 Å². The molecule has 1 aromatic carbocycles. The first-order valence-electron chi connectivity index (χ1n) is 7.33. The Bertz CT molecular complexity index is 762. The highest BCUT2D eigenvalue weighted by molar-refractivity contribution is 7.21. The lowest BCUT2D eigenvalue weighted by Gasteiger charge is -2.23. The fourth-order valence-electron chi connectivity index (χ4n) is 2.32. The summed E-state index contributed by atoms with van der Waals surface area (Å²) in [6.45, 7) is 7.44. The van der Waals surface area contributed by atoms with E-state index in [-0.39, 0.29) is 29.7 Å². The van der Waals surface area contributed by atoms with Crippen molar-refractivity contribution in [2.24, 2.45) is 0 Å². The molecule has 1 N–H and O–H groups in total. The number of thiophene rings is 1. The van der Waals surface area contributed by atoms with Gasteiger partial charge in [-0.1, -0.05) is 0 Å². The van der Waals surface area contributed by atoms with Crippen molar-refractivity contribution in [3.63, 3.8) is 0 Å². The van der Waals surface area contributed by atoms with Gasteiger partial charge in [-0.3, -0.25) is 9.59 Å². The summed E-state index contributed by atoms with van der Waals surface area (Å²) in [6.07, 6.45) is 0. The lowest BCUT2D eigenvalue weighted by atomic mass is 10.1. The van der Waals surface area contributed by atoms with E-state index in [9.17, 15) is 14.0 Å². The van der Waals surface area contributed by atoms with Gasteiger partial charge in [-0.05, 0) is 56.8 Å². The van der Waals surface area contributed by atoms with Crippen molar-refractivity contribution in [1.82, 2.24) is 10.2 Å². The second kappa shape index (κ2) is 6.28. The minimum atomic E-state index is -0.341. The lowest BCUT2D eigenvalue weighted by Crippen LogP contribution is -2.46. The van der Waals surface area contributed by atoms with Crippen LogP contribution in [0.15, 0.2) is 18.2 Å². The molecule has 0 fully saturated rings. The Morgan fingerprint density at radius 3 is 2.57 bits per heavy atom. The number of halogens is 1. The van der Waals surface area contributed by atoms with E-state index in [1.807, 2.05) is 20.8 Å². The molecule has 1 aromatic heterocycles. The topological polar surface area (TPSA) is 49.4 Å². The predicted molar refractivity (Wildman–Crippen MR) is 91.4 cm³/mol. The van der Waals surface area contributed by atoms with Crippen LogP contribution < -0.4 is 5.32 Å². The molecule has 0 spiro atoms. The molecule has 0 unspecified atom stereocenters. The zero-order valence-corrected chi connectivity index (χ0v) is 14.8. The zero-order valence-electron chi connectivity index (χ0n) is 14.0. The van der Waals surface area contributed by atoms with E-state index in [0.29, 0.717) is 4.88 Å². The normalized spacial score (nSPS) is 11.6. The first-order valence-corrected chi connectivity index (χ1v) is 8.15. The van der Waals surface area contributed by atoms with Crippen LogP contribution in [0.4, 0.5) is 4.39 Å². The van der Waals surface area contributed by atoms with Crippen LogP contribution in [0, 0.1) is 12.7 Å². The number of benzene rings is 1. The average molecular weight is 336 g/mol. The highest BCUT2D eigenvalue weighted by Crippen LogP contribution is 2.32. The second-order valence-corrected chi connectivity index (χ2v) is 7.71. The van der Waals surface area contributed by atoms with Gasteiger partial charge in [0.25, 0.3) is 5.91 Å². The third-order valence-electron chi connectivity index (χ3n) is 3.33. The number of hydrogen-bond acceptors (Lipinski definition) is 3. The van der Waals surface area contributed by atoms with Gasteiger partial charge < -0.3 is 10.2 Å². The maximum absolute atomic E-state index is 13.4. The number of nitrogens with zero attached hydrogens (tertiary/aromatic N) is 1. The monoisotopic (exact) mass is 336 g/mol. The summed E-state index contributed by atoms with van der Waals surface area (Å²) in [6, 6.07) is 4.49. The molecule has 0 aliphatic heterocycles. The molecule has 2 amide bonds. The Morgan fingerprint density at radius 1 is 1.30 bits per heavy atom. The van der Waals surface area contributed by atoms with Crippen molar-refractivity contribution in [3.05, 3.63) is 34.5 Å². The van der Waals surface area contributed by atoms with Crippen LogP contribution >= 0.6 is 11.3 Å². The molecule has 0 radical (unpaired) electrons. The molecule has 0 bridgehead atoms. The van der Waals surface area contributed by atoms with Crippen LogP contribution in [0.3, 0.4) is 0 Å². The largest absolute Gasteiger partial charge is 0.350 e. The van der Waals surface area contributed by atoms with Crippen LogP contribution in [0.2, 0.25) is 0 Å². The first-order chi connectivity index (χ1) is 10.6. The summed E-state index contributed by atoms with van der Waals surface area (Å²) in [5.41, 5.74) is 0.407. The van der Waals surface area contributed by atoms with Gasteiger partial charge in [0.2, 0.25) is 5.91 Å². The quantitative estimate of drug-likeness (QED) is 0.934. The van der Waals surface area contributed by atoms with E-state index in [1.165, 1.54) is 28.4 Å². The molecule has 23 heavy (non-hydrogen) atoms. The Hall–Kier alpha value is -1.95. The molecule has 124 valence electrons. The van der Waals surface area contributed by atoms with E-state index in [2.05, 4.69) is 5.32 Å². The fourth-order valence-corrected chi connectivity index (χ4v) is 3.50. The van der Waals surface area contributed by atoms with E-state index in [4.69, 9.17) is 0 Å². The predicted octanol–water partition coefficient (Wildman–Crippen LogP) is 3.34. The second-order valence-electron chi connectivity index (χ2n) is 6.66. The van der Waals surface area contributed by atoms with Gasteiger partial charge >= 0.3 is 0 Å². The van der Waals surface area contributed by atoms with E-state index < -0.39 is 0 Å². The minimum Gasteiger partial charge on any atom is -0.350 e. The van der Waals surface area contributed by atoms with Gasteiger partial charge in [-0.25, -0.2) is 4.39 Å². The highest BCUT2D eigenvalue weighted by atomic mass is 32.1. The van der Waals surface area contributed by atoms with Crippen molar-refractivity contribution < 1.29 is 14.0 Å². The van der Waals surface area contributed by atoms with Gasteiger partial charge in [-0.2, -0.15) is 0 Å². The molecular weight excluding hydrogens is 315 g/mol. The lowest BCUT2D eigenvalue weighted by molar-refractivity contribution is -0.122. The summed E-state index contributed by atoms with van der Waals surface area (Å²) in [5, 5.41) is 3.57. The number of fused-ring (bicyclic) bond motifs is 1. The summed E-state index contributed by atoms with van der Waals surface area (Å²) < 4.78 is 14.2. The number of carbonyl (C=O) groups excluding carboxylic acids is 2. The number of likely N-dealkylation sites (N-methyl/N-ethyl adjacent to an activating group) is 1. The Kier molecular flexibility index (Phi) is 4.75. The molecule has 0 atom stereocenters. The summed E-state index contributed by atoms with van der Waals surface area (Å²) in [5.74, 6) is -0.762. The van der Waals surface area contributed by atoms with Crippen LogP contribution in [0.1, 0.15) is 36.0 Å². The van der Waals surface area contributed by atoms with Gasteiger partial charge in [-0.15, -0.1) is 11.3 Å². The Labute approximate surface area is 139 Å². The average Bonchev–Trinajstić information content (AvgIpc) is 2.73. The molecule has 6 heteroatoms. The molecule has 2 aromatic rings. The van der Waals surface area contributed by atoms with E-state index in [1.54, 1.807) is 20.0 Å². The number of aryl methyl sites for hydroxylation is 1. The minimum absolute atomic E-state index is 0.0157. The van der Waals surface area contributed by atoms with E-state index >= 15 is 0 Å². The smallest absolute Gasteiger partial charge is 0.264 e. The van der Waals surface area contributed by atoms with Gasteiger partial charge in [0.1, 0.15) is 5.82 Å². The first kappa shape index (κ1) is 17.4. The Morgan fingerprint density at radius 2 is 1.96 bits per heavy atom. The van der Waals surface area contributed by atoms with Crippen LogP contribution in [-0.2, 0) is 4.79 Å². The molecule has 0 saturated carbocycles. The number of carbonyl (C=O) groups is 2. The third-order valence-corrected chi connectivity index (χ3v) is 4.60. The van der Waals surface area contributed by atoms with Gasteiger partial charge in [0, 0.05) is 17.3 Å². The molecule has 0 saturated heterocycles. The number of hydrogen-bond donors (Lipinski definition) is 1. The van der Waals surface area contributed by atoms with Crippen LogP contribution in [0.25, 0.3) is 10.1 Å². The zero-order chi connectivity index (χ0) is 17.4. The van der Waals surface area contributed by atoms with Gasteiger partial charge in [0.15, 0.2) is 0 Å². The summed E-state index contributed by atoms with van der Waals surface area (Å²) >= 11 is 1.32. The van der Waals surface area contributed by atoms with Gasteiger partial charge in [0.05, 0.1) is 11.4 Å². The molecular formula is C17H21FN2O2S. The molecule has 0 aliphatic carbocycles. The molecule has 0 aliphatic rings. The van der Waals surface area contributed by atoms with E-state index in [0.717, 1.165) is 15.6 Å². The van der Waals surface area contributed by atoms with Crippen LogP contribution in [0.5, 0.6) is 0 Å². The van der Waals surface area contributed by atoms with Crippen LogP contribution in [-0.4, -0.2) is 35.8 Å². The van der Waals surface area contributed by atoms with Crippen molar-refractivity contribution in [1.29, 1.82) is 0 Å². The number of nitrogens with one attached hydrogen (secondary N) is 1. The van der Waals surface area contributed by atoms with Crippen molar-refractivity contribution in [3.8, 4) is 0 Å². The maximum atomic E-state index is 13.4. The SMILES string of the molecule is Cc1c(C(=O)N(C)CC(=O)NC(C)(C)C)sc2ccc(F)cc12. The highest BCUT2D eigenvalue weighted by Gasteiger charge is 2.22. The maximum Gasteiger partial charge on any atom is 0.264 e. The van der Waals surface area contributed by atoms with Crippen molar-refractivity contribution in [2.45, 2.75) is 33.2 Å². The fraction of sp³-hybridized carbons (Fsp3) is 0.412.